The first kappa shape index (κ1) is 16.7. The van der Waals surface area contributed by atoms with Crippen LogP contribution in [-0.2, 0) is 0 Å². The van der Waals surface area contributed by atoms with E-state index >= 15 is 0 Å². The summed E-state index contributed by atoms with van der Waals surface area (Å²) < 4.78 is 10.6. The number of methoxy groups -OCH3 is 1. The zero-order valence-corrected chi connectivity index (χ0v) is 13.4. The van der Waals surface area contributed by atoms with Gasteiger partial charge >= 0.3 is 6.03 Å². The highest BCUT2D eigenvalue weighted by Gasteiger charge is 2.09. The Morgan fingerprint density at radius 1 is 1.04 bits per heavy atom. The van der Waals surface area contributed by atoms with E-state index in [1.165, 1.54) is 0 Å². The maximum Gasteiger partial charge on any atom is 0.315 e. The predicted molar refractivity (Wildman–Crippen MR) is 89.9 cm³/mol. The molecule has 2 N–H and O–H groups in total. The molecule has 0 aliphatic heterocycles. The zero-order valence-electron chi connectivity index (χ0n) is 13.4. The Morgan fingerprint density at radius 3 is 2.39 bits per heavy atom. The van der Waals surface area contributed by atoms with Crippen molar-refractivity contribution < 1.29 is 14.3 Å². The molecule has 0 radical (unpaired) electrons. The van der Waals surface area contributed by atoms with Crippen molar-refractivity contribution >= 4 is 6.03 Å². The zero-order chi connectivity index (χ0) is 16.5. The molecule has 0 bridgehead atoms. The number of hydrogen-bond donors (Lipinski definition) is 2. The highest BCUT2D eigenvalue weighted by atomic mass is 16.5. The van der Waals surface area contributed by atoms with E-state index in [-0.39, 0.29) is 12.1 Å². The fourth-order valence-corrected chi connectivity index (χ4v) is 2.07. The molecular weight excluding hydrogens is 292 g/mol. The first-order chi connectivity index (χ1) is 11.2. The molecule has 2 aromatic carbocycles. The monoisotopic (exact) mass is 314 g/mol. The smallest absolute Gasteiger partial charge is 0.315 e. The van der Waals surface area contributed by atoms with Crippen LogP contribution < -0.4 is 20.1 Å². The summed E-state index contributed by atoms with van der Waals surface area (Å²) >= 11 is 0. The molecule has 122 valence electrons. The van der Waals surface area contributed by atoms with Crippen molar-refractivity contribution in [1.29, 1.82) is 0 Å². The molecule has 0 heterocycles. The molecule has 0 aromatic heterocycles. The van der Waals surface area contributed by atoms with Crippen LogP contribution in [0.15, 0.2) is 54.6 Å². The minimum atomic E-state index is -0.218. The van der Waals surface area contributed by atoms with Crippen LogP contribution in [0.25, 0.3) is 0 Å². The molecule has 0 fully saturated rings. The second kappa shape index (κ2) is 8.68. The van der Waals surface area contributed by atoms with Gasteiger partial charge in [0.2, 0.25) is 0 Å². The van der Waals surface area contributed by atoms with E-state index in [0.29, 0.717) is 13.2 Å². The summed E-state index contributed by atoms with van der Waals surface area (Å²) in [5.74, 6) is 1.59. The van der Waals surface area contributed by atoms with Crippen LogP contribution in [0.3, 0.4) is 0 Å². The lowest BCUT2D eigenvalue weighted by molar-refractivity contribution is 0.233. The van der Waals surface area contributed by atoms with Gasteiger partial charge < -0.3 is 20.1 Å². The van der Waals surface area contributed by atoms with Crippen molar-refractivity contribution in [3.8, 4) is 11.5 Å². The topological polar surface area (TPSA) is 59.6 Å². The normalized spacial score (nSPS) is 11.4. The van der Waals surface area contributed by atoms with Crippen molar-refractivity contribution in [3.05, 3.63) is 60.2 Å². The van der Waals surface area contributed by atoms with Gasteiger partial charge in [-0.2, -0.15) is 0 Å². The highest BCUT2D eigenvalue weighted by Crippen LogP contribution is 2.17. The SMILES string of the molecule is COc1ccc(C(C)NC(=O)NCCOc2ccccc2)cc1. The molecular formula is C18H22N2O3. The van der Waals surface area contributed by atoms with E-state index in [2.05, 4.69) is 10.6 Å². The summed E-state index contributed by atoms with van der Waals surface area (Å²) in [6.45, 7) is 2.80. The highest BCUT2D eigenvalue weighted by molar-refractivity contribution is 5.74. The average Bonchev–Trinajstić information content (AvgIpc) is 2.59. The molecule has 1 atom stereocenters. The molecule has 5 nitrogen and oxygen atoms in total. The Bertz CT molecular complexity index is 599. The Balaban J connectivity index is 1.69. The van der Waals surface area contributed by atoms with Crippen molar-refractivity contribution in [3.63, 3.8) is 0 Å². The Labute approximate surface area is 136 Å². The maximum absolute atomic E-state index is 11.9. The summed E-state index contributed by atoms with van der Waals surface area (Å²) in [4.78, 5) is 11.9. The maximum atomic E-state index is 11.9. The quantitative estimate of drug-likeness (QED) is 0.772. The first-order valence-corrected chi connectivity index (χ1v) is 7.55. The lowest BCUT2D eigenvalue weighted by Gasteiger charge is -2.15. The molecule has 2 rings (SSSR count). The molecule has 5 heteroatoms. The number of amides is 2. The Hall–Kier alpha value is -2.69. The number of carbonyl (C=O) groups excluding carboxylic acids is 1. The number of para-hydroxylation sites is 1. The van der Waals surface area contributed by atoms with Gasteiger partial charge in [-0.1, -0.05) is 30.3 Å². The Morgan fingerprint density at radius 2 is 1.74 bits per heavy atom. The number of ether oxygens (including phenoxy) is 2. The van der Waals surface area contributed by atoms with Crippen LogP contribution in [-0.4, -0.2) is 26.3 Å². The summed E-state index contributed by atoms with van der Waals surface area (Å²) in [6.07, 6.45) is 0. The average molecular weight is 314 g/mol. The number of benzene rings is 2. The Kier molecular flexibility index (Phi) is 6.29. The van der Waals surface area contributed by atoms with Gasteiger partial charge in [-0.15, -0.1) is 0 Å². The third-order valence-electron chi connectivity index (χ3n) is 3.36. The van der Waals surface area contributed by atoms with Crippen molar-refractivity contribution in [1.82, 2.24) is 10.6 Å². The fraction of sp³-hybridized carbons (Fsp3) is 0.278. The second-order valence-electron chi connectivity index (χ2n) is 5.06. The van der Waals surface area contributed by atoms with Crippen molar-refractivity contribution in [2.45, 2.75) is 13.0 Å². The van der Waals surface area contributed by atoms with Gasteiger partial charge in [0.15, 0.2) is 0 Å². The van der Waals surface area contributed by atoms with E-state index in [9.17, 15) is 4.79 Å². The van der Waals surface area contributed by atoms with Crippen LogP contribution in [0.1, 0.15) is 18.5 Å². The van der Waals surface area contributed by atoms with Gasteiger partial charge in [0.25, 0.3) is 0 Å². The lowest BCUT2D eigenvalue weighted by atomic mass is 10.1. The minimum absolute atomic E-state index is 0.0871. The molecule has 0 saturated carbocycles. The summed E-state index contributed by atoms with van der Waals surface area (Å²) in [7, 11) is 1.63. The standard InChI is InChI=1S/C18H22N2O3/c1-14(15-8-10-16(22-2)11-9-15)20-18(21)19-12-13-23-17-6-4-3-5-7-17/h3-11,14H,12-13H2,1-2H3,(H2,19,20,21). The summed E-state index contributed by atoms with van der Waals surface area (Å²) in [5, 5.41) is 5.66. The van der Waals surface area contributed by atoms with Crippen LogP contribution in [0.5, 0.6) is 11.5 Å². The molecule has 1 unspecified atom stereocenters. The molecule has 0 spiro atoms. The van der Waals surface area contributed by atoms with Crippen LogP contribution in [0, 0.1) is 0 Å². The largest absolute Gasteiger partial charge is 0.497 e. The van der Waals surface area contributed by atoms with Crippen LogP contribution in [0.2, 0.25) is 0 Å². The van der Waals surface area contributed by atoms with E-state index < -0.39 is 0 Å². The lowest BCUT2D eigenvalue weighted by Crippen LogP contribution is -2.38. The predicted octanol–water partition coefficient (Wildman–Crippen LogP) is 3.13. The molecule has 0 aliphatic rings. The van der Waals surface area contributed by atoms with Gasteiger partial charge in [0.05, 0.1) is 19.7 Å². The molecule has 0 saturated heterocycles. The molecule has 0 aliphatic carbocycles. The molecule has 2 amide bonds. The van der Waals surface area contributed by atoms with Crippen molar-refractivity contribution in [2.24, 2.45) is 0 Å². The molecule has 23 heavy (non-hydrogen) atoms. The van der Waals surface area contributed by atoms with Gasteiger partial charge in [-0.05, 0) is 36.8 Å². The third-order valence-corrected chi connectivity index (χ3v) is 3.36. The number of hydrogen-bond acceptors (Lipinski definition) is 3. The van der Waals surface area contributed by atoms with E-state index in [4.69, 9.17) is 9.47 Å². The van der Waals surface area contributed by atoms with Crippen LogP contribution >= 0.6 is 0 Å². The number of nitrogens with one attached hydrogen (secondary N) is 2. The first-order valence-electron chi connectivity index (χ1n) is 7.55. The van der Waals surface area contributed by atoms with Crippen LogP contribution in [0.4, 0.5) is 4.79 Å². The van der Waals surface area contributed by atoms with Gasteiger partial charge in [0.1, 0.15) is 18.1 Å². The molecule has 2 aromatic rings. The van der Waals surface area contributed by atoms with E-state index in [1.54, 1.807) is 7.11 Å². The fourth-order valence-electron chi connectivity index (χ4n) is 2.07. The minimum Gasteiger partial charge on any atom is -0.497 e. The summed E-state index contributed by atoms with van der Waals surface area (Å²) in [5.41, 5.74) is 1.02. The van der Waals surface area contributed by atoms with Gasteiger partial charge in [0, 0.05) is 0 Å². The number of carbonyl (C=O) groups is 1. The van der Waals surface area contributed by atoms with Crippen molar-refractivity contribution in [2.75, 3.05) is 20.3 Å². The van der Waals surface area contributed by atoms with E-state index in [0.717, 1.165) is 17.1 Å². The van der Waals surface area contributed by atoms with E-state index in [1.807, 2.05) is 61.5 Å². The number of rotatable bonds is 7. The summed E-state index contributed by atoms with van der Waals surface area (Å²) in [6, 6.07) is 16.8. The third kappa shape index (κ3) is 5.54. The second-order valence-corrected chi connectivity index (χ2v) is 5.06. The van der Waals surface area contributed by atoms with Gasteiger partial charge in [-0.25, -0.2) is 4.79 Å². The van der Waals surface area contributed by atoms with Gasteiger partial charge in [-0.3, -0.25) is 0 Å². The number of urea groups is 1.